The number of aliphatic carboxylic acids is 1. The molecule has 2 rings (SSSR count). The lowest BCUT2D eigenvalue weighted by molar-refractivity contribution is -0.134. The van der Waals surface area contributed by atoms with E-state index in [1.807, 2.05) is 6.07 Å². The van der Waals surface area contributed by atoms with E-state index in [0.717, 1.165) is 18.4 Å². The fourth-order valence-electron chi connectivity index (χ4n) is 2.14. The van der Waals surface area contributed by atoms with Crippen LogP contribution in [0.25, 0.3) is 0 Å². The van der Waals surface area contributed by atoms with Crippen LogP contribution in [0.5, 0.6) is 5.75 Å². The van der Waals surface area contributed by atoms with Gasteiger partial charge in [0.1, 0.15) is 5.75 Å². The van der Waals surface area contributed by atoms with Crippen LogP contribution in [0.15, 0.2) is 35.4 Å². The van der Waals surface area contributed by atoms with Crippen molar-refractivity contribution < 1.29 is 19.8 Å². The summed E-state index contributed by atoms with van der Waals surface area (Å²) in [4.78, 5) is 25.2. The first-order valence-electron chi connectivity index (χ1n) is 6.89. The number of hydrogen-bond acceptors (Lipinski definition) is 3. The first-order chi connectivity index (χ1) is 9.90. The molecule has 1 fully saturated rings. The van der Waals surface area contributed by atoms with Crippen molar-refractivity contribution in [2.24, 2.45) is 0 Å². The van der Waals surface area contributed by atoms with E-state index in [0.29, 0.717) is 6.54 Å². The molecule has 0 aromatic heterocycles. The summed E-state index contributed by atoms with van der Waals surface area (Å²) in [7, 11) is 0. The summed E-state index contributed by atoms with van der Waals surface area (Å²) in [5.41, 5.74) is 1.16. The summed E-state index contributed by atoms with van der Waals surface area (Å²) in [6.07, 6.45) is 1.87. The van der Waals surface area contributed by atoms with Crippen LogP contribution in [0.2, 0.25) is 0 Å². The molecule has 1 aliphatic carbocycles. The minimum atomic E-state index is -1.08. The Labute approximate surface area is 123 Å². The van der Waals surface area contributed by atoms with Gasteiger partial charge in [0, 0.05) is 23.7 Å². The van der Waals surface area contributed by atoms with E-state index in [-0.39, 0.29) is 28.8 Å². The van der Waals surface area contributed by atoms with Crippen molar-refractivity contribution in [1.29, 1.82) is 0 Å². The van der Waals surface area contributed by atoms with E-state index < -0.39 is 5.97 Å². The van der Waals surface area contributed by atoms with Gasteiger partial charge in [0.2, 0.25) is 0 Å². The van der Waals surface area contributed by atoms with Crippen molar-refractivity contribution in [1.82, 2.24) is 4.90 Å². The quantitative estimate of drug-likeness (QED) is 0.815. The summed E-state index contributed by atoms with van der Waals surface area (Å²) < 4.78 is 0. The Hall–Kier alpha value is -2.30. The van der Waals surface area contributed by atoms with Crippen molar-refractivity contribution in [2.75, 3.05) is 0 Å². The number of carboxylic acid groups (broad SMARTS) is 1. The highest BCUT2D eigenvalue weighted by molar-refractivity contribution is 6.01. The maximum absolute atomic E-state index is 12.5. The number of phenols is 1. The largest absolute Gasteiger partial charge is 0.508 e. The number of carboxylic acids is 1. The van der Waals surface area contributed by atoms with Crippen LogP contribution in [-0.2, 0) is 16.1 Å². The third-order valence-corrected chi connectivity index (χ3v) is 3.72. The number of carbonyl (C=O) groups is 2. The maximum atomic E-state index is 12.5. The molecule has 5 heteroatoms. The zero-order valence-corrected chi connectivity index (χ0v) is 12.2. The van der Waals surface area contributed by atoms with Crippen LogP contribution in [0, 0.1) is 0 Å². The maximum Gasteiger partial charge on any atom is 0.331 e. The van der Waals surface area contributed by atoms with Crippen molar-refractivity contribution in [3.8, 4) is 5.75 Å². The zero-order valence-electron chi connectivity index (χ0n) is 12.2. The zero-order chi connectivity index (χ0) is 15.6. The predicted octanol–water partition coefficient (Wildman–Crippen LogP) is 2.30. The molecule has 112 valence electrons. The summed E-state index contributed by atoms with van der Waals surface area (Å²) in [5.74, 6) is -1.17. The second-order valence-electron chi connectivity index (χ2n) is 5.39. The number of aromatic hydroxyl groups is 1. The van der Waals surface area contributed by atoms with E-state index in [1.54, 1.807) is 30.0 Å². The minimum Gasteiger partial charge on any atom is -0.508 e. The van der Waals surface area contributed by atoms with Crippen LogP contribution in [0.1, 0.15) is 32.3 Å². The Bertz CT molecular complexity index is 602. The number of phenolic OH excluding ortho intramolecular Hbond substituents is 1. The molecule has 0 atom stereocenters. The Balaban J connectivity index is 2.22. The predicted molar refractivity (Wildman–Crippen MR) is 77.7 cm³/mol. The van der Waals surface area contributed by atoms with Crippen LogP contribution in [0.3, 0.4) is 0 Å². The van der Waals surface area contributed by atoms with E-state index in [9.17, 15) is 14.7 Å². The molecule has 0 unspecified atom stereocenters. The first kappa shape index (κ1) is 15.1. The van der Waals surface area contributed by atoms with Crippen molar-refractivity contribution in [2.45, 2.75) is 39.3 Å². The van der Waals surface area contributed by atoms with E-state index in [1.165, 1.54) is 6.92 Å². The lowest BCUT2D eigenvalue weighted by Gasteiger charge is -2.23. The number of amides is 1. The molecule has 0 heterocycles. The van der Waals surface area contributed by atoms with Crippen molar-refractivity contribution in [3.05, 3.63) is 41.0 Å². The molecule has 1 aromatic carbocycles. The summed E-state index contributed by atoms with van der Waals surface area (Å²) >= 11 is 0. The van der Waals surface area contributed by atoms with Gasteiger partial charge in [-0.2, -0.15) is 0 Å². The molecule has 0 radical (unpaired) electrons. The molecule has 1 aliphatic rings. The second kappa shape index (κ2) is 5.99. The highest BCUT2D eigenvalue weighted by atomic mass is 16.4. The fraction of sp³-hybridized carbons (Fsp3) is 0.375. The van der Waals surface area contributed by atoms with E-state index in [4.69, 9.17) is 5.11 Å². The van der Waals surface area contributed by atoms with Gasteiger partial charge in [0.05, 0.1) is 0 Å². The van der Waals surface area contributed by atoms with Gasteiger partial charge in [0.25, 0.3) is 5.91 Å². The molecule has 1 amide bonds. The number of hydrogen-bond donors (Lipinski definition) is 2. The lowest BCUT2D eigenvalue weighted by Crippen LogP contribution is -2.34. The second-order valence-corrected chi connectivity index (χ2v) is 5.39. The fourth-order valence-corrected chi connectivity index (χ4v) is 2.14. The van der Waals surface area contributed by atoms with Crippen LogP contribution < -0.4 is 0 Å². The van der Waals surface area contributed by atoms with Crippen LogP contribution in [-0.4, -0.2) is 33.0 Å². The average molecular weight is 289 g/mol. The highest BCUT2D eigenvalue weighted by Crippen LogP contribution is 2.30. The Morgan fingerprint density at radius 1 is 1.24 bits per heavy atom. The molecule has 2 N–H and O–H groups in total. The minimum absolute atomic E-state index is 0.0709. The molecular formula is C16H19NO4. The van der Waals surface area contributed by atoms with Crippen molar-refractivity contribution in [3.63, 3.8) is 0 Å². The topological polar surface area (TPSA) is 77.8 Å². The monoisotopic (exact) mass is 289 g/mol. The normalized spacial score (nSPS) is 15.3. The van der Waals surface area contributed by atoms with Gasteiger partial charge in [-0.3, -0.25) is 4.79 Å². The van der Waals surface area contributed by atoms with Gasteiger partial charge in [0.15, 0.2) is 0 Å². The molecule has 0 bridgehead atoms. The SMILES string of the molecule is CC(C(=O)O)=C(C)C(=O)N(Cc1cccc(O)c1)C1CC1. The molecule has 0 aliphatic heterocycles. The summed E-state index contributed by atoms with van der Waals surface area (Å²) in [6, 6.07) is 6.92. The summed E-state index contributed by atoms with van der Waals surface area (Å²) in [6.45, 7) is 3.36. The van der Waals surface area contributed by atoms with Gasteiger partial charge in [-0.25, -0.2) is 4.79 Å². The van der Waals surface area contributed by atoms with Gasteiger partial charge in [-0.15, -0.1) is 0 Å². The third-order valence-electron chi connectivity index (χ3n) is 3.72. The van der Waals surface area contributed by atoms with E-state index >= 15 is 0 Å². The van der Waals surface area contributed by atoms with Gasteiger partial charge < -0.3 is 15.1 Å². The van der Waals surface area contributed by atoms with Crippen molar-refractivity contribution >= 4 is 11.9 Å². The third kappa shape index (κ3) is 3.62. The number of benzene rings is 1. The molecule has 5 nitrogen and oxygen atoms in total. The van der Waals surface area contributed by atoms with Crippen LogP contribution in [0.4, 0.5) is 0 Å². The van der Waals surface area contributed by atoms with Gasteiger partial charge in [-0.05, 0) is 44.4 Å². The molecule has 21 heavy (non-hydrogen) atoms. The van der Waals surface area contributed by atoms with Crippen LogP contribution >= 0.6 is 0 Å². The molecule has 0 saturated heterocycles. The molecule has 1 aromatic rings. The molecule has 0 spiro atoms. The van der Waals surface area contributed by atoms with Gasteiger partial charge in [-0.1, -0.05) is 12.1 Å². The Kier molecular flexibility index (Phi) is 4.31. The molecule has 1 saturated carbocycles. The van der Waals surface area contributed by atoms with E-state index in [2.05, 4.69) is 0 Å². The smallest absolute Gasteiger partial charge is 0.331 e. The lowest BCUT2D eigenvalue weighted by atomic mass is 10.1. The number of nitrogens with zero attached hydrogens (tertiary/aromatic N) is 1. The standard InChI is InChI=1S/C16H19NO4/c1-10(11(2)16(20)21)15(19)17(13-6-7-13)9-12-4-3-5-14(18)8-12/h3-5,8,13,18H,6-7,9H2,1-2H3,(H,20,21). The number of carbonyl (C=O) groups excluding carboxylic acids is 1. The Morgan fingerprint density at radius 2 is 1.90 bits per heavy atom. The number of rotatable bonds is 5. The average Bonchev–Trinajstić information content (AvgIpc) is 3.27. The highest BCUT2D eigenvalue weighted by Gasteiger charge is 2.33. The summed E-state index contributed by atoms with van der Waals surface area (Å²) in [5, 5.41) is 18.5. The molecular weight excluding hydrogens is 270 g/mol. The van der Waals surface area contributed by atoms with Gasteiger partial charge >= 0.3 is 5.97 Å². The first-order valence-corrected chi connectivity index (χ1v) is 6.89. The Morgan fingerprint density at radius 3 is 2.43 bits per heavy atom.